The summed E-state index contributed by atoms with van der Waals surface area (Å²) >= 11 is 0. The van der Waals surface area contributed by atoms with Crippen molar-refractivity contribution < 1.29 is 31.6 Å². The summed E-state index contributed by atoms with van der Waals surface area (Å²) in [6.07, 6.45) is -0.986. The molecule has 3 fully saturated rings. The third-order valence-corrected chi connectivity index (χ3v) is 8.14. The molecule has 7 nitrogen and oxygen atoms in total. The molecule has 0 radical (unpaired) electrons. The Labute approximate surface area is 219 Å². The van der Waals surface area contributed by atoms with Gasteiger partial charge in [0.15, 0.2) is 5.82 Å². The van der Waals surface area contributed by atoms with Crippen molar-refractivity contribution in [1.29, 1.82) is 0 Å². The maximum Gasteiger partial charge on any atom is 0.411 e. The highest BCUT2D eigenvalue weighted by Crippen LogP contribution is 2.50. The SMILES string of the molecule is CC(C)c1noc(N2CCC([C@H]3C[C@H]3CCOc3ccc(CC(=O)NC4(C(F)(F)F)CC4)c(F)c3)CC2)n1. The molecular weight excluding hydrogens is 504 g/mol. The molecule has 38 heavy (non-hydrogen) atoms. The minimum absolute atomic E-state index is 0.0439. The number of aromatic nitrogens is 2. The Morgan fingerprint density at radius 3 is 2.61 bits per heavy atom. The maximum atomic E-state index is 14.5. The molecule has 1 aliphatic heterocycles. The molecule has 1 N–H and O–H groups in total. The lowest BCUT2D eigenvalue weighted by Gasteiger charge is -2.30. The molecule has 1 aromatic carbocycles. The van der Waals surface area contributed by atoms with E-state index in [0.717, 1.165) is 38.2 Å². The van der Waals surface area contributed by atoms with Crippen molar-refractivity contribution in [3.05, 3.63) is 35.4 Å². The van der Waals surface area contributed by atoms with E-state index in [-0.39, 0.29) is 24.3 Å². The molecular formula is C27H34F4N4O3. The van der Waals surface area contributed by atoms with Crippen LogP contribution < -0.4 is 15.0 Å². The van der Waals surface area contributed by atoms with Crippen molar-refractivity contribution in [2.45, 2.75) is 76.4 Å². The maximum absolute atomic E-state index is 14.5. The van der Waals surface area contributed by atoms with Crippen LogP contribution in [0.2, 0.25) is 0 Å². The number of hydrogen-bond donors (Lipinski definition) is 1. The van der Waals surface area contributed by atoms with Crippen LogP contribution in [0.1, 0.15) is 69.7 Å². The van der Waals surface area contributed by atoms with E-state index >= 15 is 0 Å². The number of carbonyl (C=O) groups is 1. The van der Waals surface area contributed by atoms with Gasteiger partial charge < -0.3 is 19.5 Å². The van der Waals surface area contributed by atoms with E-state index in [1.54, 1.807) is 6.07 Å². The number of halogens is 4. The zero-order chi connectivity index (χ0) is 27.1. The Hall–Kier alpha value is -2.85. The summed E-state index contributed by atoms with van der Waals surface area (Å²) in [6.45, 7) is 6.36. The Kier molecular flexibility index (Phi) is 7.30. The topological polar surface area (TPSA) is 80.5 Å². The molecule has 2 heterocycles. The summed E-state index contributed by atoms with van der Waals surface area (Å²) in [7, 11) is 0. The Morgan fingerprint density at radius 2 is 2.00 bits per heavy atom. The van der Waals surface area contributed by atoms with Crippen molar-refractivity contribution in [2.75, 3.05) is 24.6 Å². The first kappa shape index (κ1) is 26.7. The second-order valence-electron chi connectivity index (χ2n) is 11.3. The van der Waals surface area contributed by atoms with Crippen LogP contribution in [0.25, 0.3) is 0 Å². The number of alkyl halides is 3. The van der Waals surface area contributed by atoms with Gasteiger partial charge in [0.2, 0.25) is 5.91 Å². The van der Waals surface area contributed by atoms with Crippen molar-refractivity contribution >= 4 is 11.9 Å². The lowest BCUT2D eigenvalue weighted by Crippen LogP contribution is -2.48. The van der Waals surface area contributed by atoms with Crippen LogP contribution >= 0.6 is 0 Å². The van der Waals surface area contributed by atoms with Crippen LogP contribution in [-0.4, -0.2) is 47.5 Å². The quantitative estimate of drug-likeness (QED) is 0.408. The smallest absolute Gasteiger partial charge is 0.411 e. The first-order valence-electron chi connectivity index (χ1n) is 13.4. The summed E-state index contributed by atoms with van der Waals surface area (Å²) in [5, 5.41) is 6.08. The number of ether oxygens (including phenoxy) is 1. The number of amides is 1. The summed E-state index contributed by atoms with van der Waals surface area (Å²) in [6, 6.07) is 4.77. The predicted octanol–water partition coefficient (Wildman–Crippen LogP) is 5.41. The lowest BCUT2D eigenvalue weighted by molar-refractivity contribution is -0.170. The van der Waals surface area contributed by atoms with Crippen molar-refractivity contribution in [3.63, 3.8) is 0 Å². The van der Waals surface area contributed by atoms with E-state index in [0.29, 0.717) is 36.1 Å². The number of carbonyl (C=O) groups excluding carboxylic acids is 1. The van der Waals surface area contributed by atoms with E-state index in [9.17, 15) is 22.4 Å². The highest BCUT2D eigenvalue weighted by molar-refractivity contribution is 5.80. The first-order valence-corrected chi connectivity index (χ1v) is 13.4. The molecule has 2 aliphatic carbocycles. The fourth-order valence-electron chi connectivity index (χ4n) is 5.47. The second-order valence-corrected chi connectivity index (χ2v) is 11.3. The number of piperidine rings is 1. The Balaban J connectivity index is 1.02. The van der Waals surface area contributed by atoms with E-state index in [2.05, 4.69) is 15.0 Å². The van der Waals surface area contributed by atoms with E-state index in [4.69, 9.17) is 9.26 Å². The average molecular weight is 539 g/mol. The van der Waals surface area contributed by atoms with Crippen LogP contribution in [0.4, 0.5) is 23.6 Å². The molecule has 0 bridgehead atoms. The van der Waals surface area contributed by atoms with Gasteiger partial charge >= 0.3 is 12.2 Å². The van der Waals surface area contributed by atoms with Crippen LogP contribution in [0.15, 0.2) is 22.7 Å². The van der Waals surface area contributed by atoms with Crippen LogP contribution in [0, 0.1) is 23.6 Å². The normalized spacial score (nSPS) is 23.0. The standard InChI is InChI=1S/C27H34F4N4O3/c1-16(2)24-32-25(38-34-24)35-10-5-17(6-11-35)21-13-18(21)7-12-37-20-4-3-19(22(28)15-20)14-23(36)33-26(8-9-26)27(29,30)31/h3-4,15-18,21H,5-14H2,1-2H3,(H,33,36)/t18-,21-/m1/s1. The molecule has 2 aromatic rings. The minimum Gasteiger partial charge on any atom is -0.493 e. The zero-order valence-electron chi connectivity index (χ0n) is 21.7. The summed E-state index contributed by atoms with van der Waals surface area (Å²) < 4.78 is 64.7. The number of nitrogens with one attached hydrogen (secondary N) is 1. The molecule has 2 saturated carbocycles. The molecule has 1 amide bonds. The van der Waals surface area contributed by atoms with Gasteiger partial charge in [0.25, 0.3) is 0 Å². The molecule has 1 aromatic heterocycles. The van der Waals surface area contributed by atoms with Gasteiger partial charge in [0.05, 0.1) is 13.0 Å². The number of nitrogens with zero attached hydrogens (tertiary/aromatic N) is 3. The van der Waals surface area contributed by atoms with Gasteiger partial charge in [-0.05, 0) is 67.9 Å². The molecule has 208 valence electrons. The number of benzene rings is 1. The van der Waals surface area contributed by atoms with Gasteiger partial charge in [-0.25, -0.2) is 4.39 Å². The van der Waals surface area contributed by atoms with Gasteiger partial charge in [-0.15, -0.1) is 0 Å². The summed E-state index contributed by atoms with van der Waals surface area (Å²) in [5.74, 6) is 1.77. The largest absolute Gasteiger partial charge is 0.493 e. The van der Waals surface area contributed by atoms with Gasteiger partial charge in [0.1, 0.15) is 17.1 Å². The van der Waals surface area contributed by atoms with E-state index in [1.807, 2.05) is 19.2 Å². The van der Waals surface area contributed by atoms with Gasteiger partial charge in [0, 0.05) is 25.1 Å². The second kappa shape index (κ2) is 10.4. The molecule has 5 rings (SSSR count). The van der Waals surface area contributed by atoms with Crippen LogP contribution in [0.3, 0.4) is 0 Å². The van der Waals surface area contributed by atoms with Crippen LogP contribution in [-0.2, 0) is 11.2 Å². The van der Waals surface area contributed by atoms with Gasteiger partial charge in [-0.2, -0.15) is 18.2 Å². The molecule has 0 spiro atoms. The highest BCUT2D eigenvalue weighted by Gasteiger charge is 2.64. The fraction of sp³-hybridized carbons (Fsp3) is 0.667. The minimum atomic E-state index is -4.50. The fourth-order valence-corrected chi connectivity index (χ4v) is 5.47. The lowest BCUT2D eigenvalue weighted by atomic mass is 9.90. The van der Waals surface area contributed by atoms with Crippen LogP contribution in [0.5, 0.6) is 5.75 Å². The number of anilines is 1. The summed E-state index contributed by atoms with van der Waals surface area (Å²) in [4.78, 5) is 18.7. The Morgan fingerprint density at radius 1 is 1.26 bits per heavy atom. The predicted molar refractivity (Wildman–Crippen MR) is 131 cm³/mol. The number of hydrogen-bond acceptors (Lipinski definition) is 6. The van der Waals surface area contributed by atoms with Gasteiger partial charge in [-0.3, -0.25) is 4.79 Å². The number of rotatable bonds is 10. The van der Waals surface area contributed by atoms with Gasteiger partial charge in [-0.1, -0.05) is 25.1 Å². The zero-order valence-corrected chi connectivity index (χ0v) is 21.7. The Bertz CT molecular complexity index is 1140. The average Bonchev–Trinajstić information content (AvgIpc) is 3.77. The van der Waals surface area contributed by atoms with Crippen molar-refractivity contribution in [2.24, 2.45) is 17.8 Å². The molecule has 11 heteroatoms. The van der Waals surface area contributed by atoms with E-state index < -0.39 is 29.9 Å². The van der Waals surface area contributed by atoms with Crippen molar-refractivity contribution in [1.82, 2.24) is 15.5 Å². The molecule has 2 atom stereocenters. The third kappa shape index (κ3) is 5.91. The molecule has 0 unspecified atom stereocenters. The van der Waals surface area contributed by atoms with E-state index in [1.165, 1.54) is 18.6 Å². The van der Waals surface area contributed by atoms with Crippen molar-refractivity contribution in [3.8, 4) is 5.75 Å². The highest BCUT2D eigenvalue weighted by atomic mass is 19.4. The summed E-state index contributed by atoms with van der Waals surface area (Å²) in [5.41, 5.74) is -2.10. The first-order chi connectivity index (χ1) is 18.0. The molecule has 3 aliphatic rings. The molecule has 1 saturated heterocycles. The third-order valence-electron chi connectivity index (χ3n) is 8.14. The monoisotopic (exact) mass is 538 g/mol.